The van der Waals surface area contributed by atoms with Crippen LogP contribution in [0.3, 0.4) is 0 Å². The minimum absolute atomic E-state index is 0.0924. The molecule has 0 aliphatic carbocycles. The molecule has 2 aliphatic heterocycles. The van der Waals surface area contributed by atoms with Gasteiger partial charge in [0.2, 0.25) is 5.82 Å². The molecule has 0 spiro atoms. The fraction of sp³-hybridized carbons (Fsp3) is 0.333. The molecule has 5 nitrogen and oxygen atoms in total. The largest absolute Gasteiger partial charge is 0.486 e. The van der Waals surface area contributed by atoms with Crippen molar-refractivity contribution in [3.05, 3.63) is 53.9 Å². The third kappa shape index (κ3) is 3.22. The van der Waals surface area contributed by atoms with Crippen molar-refractivity contribution < 1.29 is 22.6 Å². The molecule has 1 saturated heterocycles. The zero-order chi connectivity index (χ0) is 20.0. The molecule has 3 aromatic rings. The lowest BCUT2D eigenvalue weighted by molar-refractivity contribution is -0.144. The van der Waals surface area contributed by atoms with E-state index < -0.39 is 12.0 Å². The maximum atomic E-state index is 13.4. The van der Waals surface area contributed by atoms with Crippen molar-refractivity contribution in [3.8, 4) is 11.5 Å². The number of nitrogens with zero attached hydrogens (tertiary/aromatic N) is 3. The summed E-state index contributed by atoms with van der Waals surface area (Å²) < 4.78 is 51.5. The quantitative estimate of drug-likeness (QED) is 0.620. The Bertz CT molecular complexity index is 1070. The number of anilines is 1. The second-order valence-electron chi connectivity index (χ2n) is 7.14. The molecule has 1 aromatic heterocycles. The van der Waals surface area contributed by atoms with Gasteiger partial charge < -0.3 is 14.4 Å². The summed E-state index contributed by atoms with van der Waals surface area (Å²) in [6.07, 6.45) is -2.93. The summed E-state index contributed by atoms with van der Waals surface area (Å²) in [5, 5.41) is 0.616. The Balaban J connectivity index is 1.60. The predicted molar refractivity (Wildman–Crippen MR) is 101 cm³/mol. The number of hydrogen-bond donors (Lipinski definition) is 0. The molecule has 8 heteroatoms. The highest BCUT2D eigenvalue weighted by atomic mass is 19.4. The number of hydrogen-bond acceptors (Lipinski definition) is 5. The molecule has 2 aliphatic rings. The number of fused-ring (bicyclic) bond motifs is 2. The number of benzene rings is 2. The van der Waals surface area contributed by atoms with Gasteiger partial charge in [-0.15, -0.1) is 0 Å². The summed E-state index contributed by atoms with van der Waals surface area (Å²) in [6, 6.07) is 12.5. The zero-order valence-electron chi connectivity index (χ0n) is 15.4. The Morgan fingerprint density at radius 2 is 1.76 bits per heavy atom. The average Bonchev–Trinajstić information content (AvgIpc) is 3.21. The smallest absolute Gasteiger partial charge is 0.451 e. The van der Waals surface area contributed by atoms with E-state index in [2.05, 4.69) is 9.97 Å². The van der Waals surface area contributed by atoms with E-state index >= 15 is 0 Å². The molecule has 1 unspecified atom stereocenters. The van der Waals surface area contributed by atoms with Gasteiger partial charge in [-0.2, -0.15) is 13.2 Å². The van der Waals surface area contributed by atoms with Crippen molar-refractivity contribution >= 4 is 16.7 Å². The van der Waals surface area contributed by atoms with E-state index in [1.165, 1.54) is 0 Å². The Morgan fingerprint density at radius 3 is 2.59 bits per heavy atom. The first kappa shape index (κ1) is 18.0. The first-order chi connectivity index (χ1) is 14.0. The molecule has 0 saturated carbocycles. The van der Waals surface area contributed by atoms with Crippen molar-refractivity contribution in [2.24, 2.45) is 0 Å². The Morgan fingerprint density at radius 1 is 0.966 bits per heavy atom. The standard InChI is InChI=1S/C21H18F3N3O2/c22-21(23,24)20-25-15-5-2-1-4-14(15)19(26-20)27-9-3-6-16(27)13-7-8-17-18(12-13)29-11-10-28-17/h1-2,4-5,7-8,12,16H,3,6,9-11H2. The average molecular weight is 401 g/mol. The molecule has 2 aromatic carbocycles. The molecule has 5 rings (SSSR count). The van der Waals surface area contributed by atoms with Crippen LogP contribution in [0.5, 0.6) is 11.5 Å². The Kier molecular flexibility index (Phi) is 4.22. The third-order valence-corrected chi connectivity index (χ3v) is 5.31. The summed E-state index contributed by atoms with van der Waals surface area (Å²) in [5.74, 6) is 0.569. The van der Waals surface area contributed by atoms with Crippen LogP contribution in [0.2, 0.25) is 0 Å². The molecule has 0 bridgehead atoms. The van der Waals surface area contributed by atoms with E-state index in [-0.39, 0.29) is 11.6 Å². The third-order valence-electron chi connectivity index (χ3n) is 5.31. The first-order valence-electron chi connectivity index (χ1n) is 9.51. The molecule has 29 heavy (non-hydrogen) atoms. The van der Waals surface area contributed by atoms with E-state index in [0.717, 1.165) is 18.4 Å². The lowest BCUT2D eigenvalue weighted by Crippen LogP contribution is -2.26. The van der Waals surface area contributed by atoms with E-state index in [9.17, 15) is 13.2 Å². The van der Waals surface area contributed by atoms with E-state index in [1.54, 1.807) is 24.3 Å². The highest BCUT2D eigenvalue weighted by Gasteiger charge is 2.37. The van der Waals surface area contributed by atoms with Gasteiger partial charge in [-0.25, -0.2) is 9.97 Å². The Labute approximate surface area is 165 Å². The lowest BCUT2D eigenvalue weighted by atomic mass is 10.0. The van der Waals surface area contributed by atoms with Crippen LogP contribution in [0.1, 0.15) is 30.3 Å². The normalized spacial score (nSPS) is 19.0. The monoisotopic (exact) mass is 401 g/mol. The van der Waals surface area contributed by atoms with Crippen LogP contribution in [-0.2, 0) is 6.18 Å². The zero-order valence-corrected chi connectivity index (χ0v) is 15.4. The van der Waals surface area contributed by atoms with Crippen LogP contribution in [0.4, 0.5) is 19.0 Å². The second kappa shape index (κ2) is 6.79. The number of rotatable bonds is 2. The fourth-order valence-electron chi connectivity index (χ4n) is 4.04. The maximum Gasteiger partial charge on any atom is 0.451 e. The minimum atomic E-state index is -4.61. The summed E-state index contributed by atoms with van der Waals surface area (Å²) in [7, 11) is 0. The number of ether oxygens (including phenoxy) is 2. The molecule has 3 heterocycles. The van der Waals surface area contributed by atoms with Crippen LogP contribution in [0, 0.1) is 0 Å². The molecule has 0 radical (unpaired) electrons. The van der Waals surface area contributed by atoms with Crippen molar-refractivity contribution in [1.29, 1.82) is 0 Å². The molecule has 0 amide bonds. The van der Waals surface area contributed by atoms with Gasteiger partial charge >= 0.3 is 6.18 Å². The van der Waals surface area contributed by atoms with E-state index in [4.69, 9.17) is 9.47 Å². The van der Waals surface area contributed by atoms with Gasteiger partial charge in [0, 0.05) is 11.9 Å². The second-order valence-corrected chi connectivity index (χ2v) is 7.14. The number of halogens is 3. The highest BCUT2D eigenvalue weighted by molar-refractivity contribution is 5.90. The van der Waals surface area contributed by atoms with Gasteiger partial charge in [0.1, 0.15) is 19.0 Å². The lowest BCUT2D eigenvalue weighted by Gasteiger charge is -2.28. The van der Waals surface area contributed by atoms with Gasteiger partial charge in [-0.3, -0.25) is 0 Å². The summed E-state index contributed by atoms with van der Waals surface area (Å²) in [4.78, 5) is 9.64. The molecule has 1 fully saturated rings. The first-order valence-corrected chi connectivity index (χ1v) is 9.51. The van der Waals surface area contributed by atoms with Crippen LogP contribution in [0.25, 0.3) is 10.9 Å². The molecule has 0 N–H and O–H groups in total. The van der Waals surface area contributed by atoms with Crippen molar-refractivity contribution in [3.63, 3.8) is 0 Å². The topological polar surface area (TPSA) is 47.5 Å². The number of alkyl halides is 3. The summed E-state index contributed by atoms with van der Waals surface area (Å²) >= 11 is 0. The molecule has 150 valence electrons. The predicted octanol–water partition coefficient (Wildman–Crippen LogP) is 4.76. The number of para-hydroxylation sites is 1. The fourth-order valence-corrected chi connectivity index (χ4v) is 4.04. The maximum absolute atomic E-state index is 13.4. The summed E-state index contributed by atoms with van der Waals surface area (Å²) in [5.41, 5.74) is 1.26. The van der Waals surface area contributed by atoms with Gasteiger partial charge in [0.05, 0.1) is 11.6 Å². The van der Waals surface area contributed by atoms with Gasteiger partial charge in [-0.1, -0.05) is 18.2 Å². The van der Waals surface area contributed by atoms with Crippen molar-refractivity contribution in [2.45, 2.75) is 25.1 Å². The van der Waals surface area contributed by atoms with E-state index in [0.29, 0.717) is 42.5 Å². The number of aromatic nitrogens is 2. The molecular weight excluding hydrogens is 383 g/mol. The SMILES string of the molecule is FC(F)(F)c1nc(N2CCCC2c2ccc3c(c2)OCCO3)c2ccccc2n1. The highest BCUT2D eigenvalue weighted by Crippen LogP contribution is 2.42. The van der Waals surface area contributed by atoms with E-state index in [1.807, 2.05) is 23.1 Å². The van der Waals surface area contributed by atoms with Crippen LogP contribution >= 0.6 is 0 Å². The summed E-state index contributed by atoms with van der Waals surface area (Å²) in [6.45, 7) is 1.61. The van der Waals surface area contributed by atoms with Crippen LogP contribution in [-0.4, -0.2) is 29.7 Å². The van der Waals surface area contributed by atoms with Gasteiger partial charge in [-0.05, 0) is 42.7 Å². The van der Waals surface area contributed by atoms with Gasteiger partial charge in [0.15, 0.2) is 11.5 Å². The van der Waals surface area contributed by atoms with Crippen molar-refractivity contribution in [2.75, 3.05) is 24.7 Å². The van der Waals surface area contributed by atoms with Crippen molar-refractivity contribution in [1.82, 2.24) is 9.97 Å². The molecule has 1 atom stereocenters. The van der Waals surface area contributed by atoms with Crippen LogP contribution < -0.4 is 14.4 Å². The Hall–Kier alpha value is -3.03. The van der Waals surface area contributed by atoms with Gasteiger partial charge in [0.25, 0.3) is 0 Å². The van der Waals surface area contributed by atoms with Crippen LogP contribution in [0.15, 0.2) is 42.5 Å². The molecular formula is C21H18F3N3O2. The minimum Gasteiger partial charge on any atom is -0.486 e.